The second-order valence-corrected chi connectivity index (χ2v) is 6.78. The molecule has 0 aromatic rings. The molecule has 2 unspecified atom stereocenters. The van der Waals surface area contributed by atoms with Crippen molar-refractivity contribution in [3.63, 3.8) is 0 Å². The molecule has 1 fully saturated rings. The summed E-state index contributed by atoms with van der Waals surface area (Å²) in [6.07, 6.45) is 15.4. The summed E-state index contributed by atoms with van der Waals surface area (Å²) in [6.45, 7) is 2.23. The van der Waals surface area contributed by atoms with Crippen molar-refractivity contribution in [3.05, 3.63) is 23.8 Å². The molecule has 1 aliphatic heterocycles. The highest BCUT2D eigenvalue weighted by Crippen LogP contribution is 2.66. The van der Waals surface area contributed by atoms with Crippen molar-refractivity contribution in [2.75, 3.05) is 0 Å². The number of aliphatic hydroxyl groups is 2. The van der Waals surface area contributed by atoms with Gasteiger partial charge in [0.25, 0.3) is 0 Å². The van der Waals surface area contributed by atoms with Gasteiger partial charge in [-0.3, -0.25) is 0 Å². The van der Waals surface area contributed by atoms with Crippen LogP contribution in [-0.4, -0.2) is 20.1 Å². The smallest absolute Gasteiger partial charge is 0.177 e. The standard InChI is InChI=1S/C15H24O2S/c1-2-3-4-5-6-7-8-10-13-11-9-12-14(16)15(13,17)18-14/h9,11-12,16-17H,2-8,10H2,1H3. The van der Waals surface area contributed by atoms with Gasteiger partial charge in [0.05, 0.1) is 0 Å². The van der Waals surface area contributed by atoms with Gasteiger partial charge in [-0.1, -0.05) is 69.4 Å². The van der Waals surface area contributed by atoms with Gasteiger partial charge in [-0.05, 0) is 24.5 Å². The quantitative estimate of drug-likeness (QED) is 0.520. The zero-order chi connectivity index (χ0) is 13.1. The first-order valence-electron chi connectivity index (χ1n) is 7.16. The van der Waals surface area contributed by atoms with E-state index < -0.39 is 9.87 Å². The molecule has 0 bridgehead atoms. The molecule has 0 aromatic carbocycles. The van der Waals surface area contributed by atoms with E-state index in [4.69, 9.17) is 0 Å². The van der Waals surface area contributed by atoms with Crippen LogP contribution in [0.1, 0.15) is 58.3 Å². The minimum Gasteiger partial charge on any atom is -0.372 e. The Morgan fingerprint density at radius 1 is 1.06 bits per heavy atom. The SMILES string of the molecule is CCCCCCCCCC1=CC=CC2(O)SC12O. The molecule has 0 amide bonds. The number of thioether (sulfide) groups is 1. The first-order chi connectivity index (χ1) is 8.62. The maximum absolute atomic E-state index is 10.2. The van der Waals surface area contributed by atoms with Crippen molar-refractivity contribution in [1.82, 2.24) is 0 Å². The summed E-state index contributed by atoms with van der Waals surface area (Å²) in [6, 6.07) is 0. The average molecular weight is 268 g/mol. The van der Waals surface area contributed by atoms with Crippen molar-refractivity contribution < 1.29 is 10.2 Å². The molecule has 0 spiro atoms. The van der Waals surface area contributed by atoms with Crippen LogP contribution in [0.4, 0.5) is 0 Å². The maximum Gasteiger partial charge on any atom is 0.177 e. The summed E-state index contributed by atoms with van der Waals surface area (Å²) in [4.78, 5) is -2.04. The fraction of sp³-hybridized carbons (Fsp3) is 0.733. The zero-order valence-electron chi connectivity index (χ0n) is 11.2. The van der Waals surface area contributed by atoms with Gasteiger partial charge in [0.2, 0.25) is 0 Å². The summed E-state index contributed by atoms with van der Waals surface area (Å²) in [5, 5.41) is 20.2. The zero-order valence-corrected chi connectivity index (χ0v) is 12.0. The largest absolute Gasteiger partial charge is 0.372 e. The molecule has 18 heavy (non-hydrogen) atoms. The van der Waals surface area contributed by atoms with E-state index in [1.54, 1.807) is 6.08 Å². The molecule has 1 aliphatic carbocycles. The van der Waals surface area contributed by atoms with Gasteiger partial charge in [-0.2, -0.15) is 0 Å². The minimum atomic E-state index is -1.03. The highest BCUT2D eigenvalue weighted by molar-refractivity contribution is 8.09. The van der Waals surface area contributed by atoms with Crippen LogP contribution in [0.3, 0.4) is 0 Å². The van der Waals surface area contributed by atoms with Crippen LogP contribution in [0, 0.1) is 0 Å². The fourth-order valence-electron chi connectivity index (χ4n) is 2.58. The Bertz CT molecular complexity index is 350. The minimum absolute atomic E-state index is 0.907. The molecule has 0 aromatic heterocycles. The van der Waals surface area contributed by atoms with E-state index in [2.05, 4.69) is 6.92 Å². The van der Waals surface area contributed by atoms with Gasteiger partial charge < -0.3 is 10.2 Å². The van der Waals surface area contributed by atoms with E-state index in [1.807, 2.05) is 12.2 Å². The predicted molar refractivity (Wildman–Crippen MR) is 77.3 cm³/mol. The third-order valence-electron chi connectivity index (χ3n) is 3.85. The number of hydrogen-bond acceptors (Lipinski definition) is 3. The molecule has 2 aliphatic rings. The van der Waals surface area contributed by atoms with E-state index in [1.165, 1.54) is 50.3 Å². The van der Waals surface area contributed by atoms with Gasteiger partial charge >= 0.3 is 0 Å². The van der Waals surface area contributed by atoms with Gasteiger partial charge in [0.1, 0.15) is 0 Å². The normalized spacial score (nSPS) is 33.2. The summed E-state index contributed by atoms with van der Waals surface area (Å²) < 4.78 is 0. The van der Waals surface area contributed by atoms with E-state index >= 15 is 0 Å². The van der Waals surface area contributed by atoms with Crippen molar-refractivity contribution >= 4 is 11.8 Å². The third-order valence-corrected chi connectivity index (χ3v) is 5.26. The maximum atomic E-state index is 10.2. The molecule has 2 N–H and O–H groups in total. The molecule has 2 nitrogen and oxygen atoms in total. The molecule has 2 rings (SSSR count). The van der Waals surface area contributed by atoms with Crippen LogP contribution >= 0.6 is 11.8 Å². The van der Waals surface area contributed by atoms with Gasteiger partial charge in [-0.25, -0.2) is 0 Å². The van der Waals surface area contributed by atoms with Crippen molar-refractivity contribution in [3.8, 4) is 0 Å². The second-order valence-electron chi connectivity index (χ2n) is 5.36. The summed E-state index contributed by atoms with van der Waals surface area (Å²) >= 11 is 1.24. The average Bonchev–Trinajstić information content (AvgIpc) is 2.92. The van der Waals surface area contributed by atoms with Crippen LogP contribution in [0.25, 0.3) is 0 Å². The lowest BCUT2D eigenvalue weighted by Gasteiger charge is -2.18. The van der Waals surface area contributed by atoms with Gasteiger partial charge in [-0.15, -0.1) is 0 Å². The highest BCUT2D eigenvalue weighted by Gasteiger charge is 2.69. The first kappa shape index (κ1) is 14.2. The second kappa shape index (κ2) is 5.81. The summed E-state index contributed by atoms with van der Waals surface area (Å²) in [5.41, 5.74) is 0.992. The molecule has 1 heterocycles. The van der Waals surface area contributed by atoms with E-state index in [9.17, 15) is 10.2 Å². The number of fused-ring (bicyclic) bond motifs is 1. The number of unbranched alkanes of at least 4 members (excludes halogenated alkanes) is 6. The number of rotatable bonds is 8. The van der Waals surface area contributed by atoms with Gasteiger partial charge in [0.15, 0.2) is 9.87 Å². The van der Waals surface area contributed by atoms with E-state index in [0.717, 1.165) is 18.4 Å². The Morgan fingerprint density at radius 3 is 2.44 bits per heavy atom. The van der Waals surface area contributed by atoms with E-state index in [0.29, 0.717) is 0 Å². The lowest BCUT2D eigenvalue weighted by molar-refractivity contribution is 0.0690. The molecular weight excluding hydrogens is 244 g/mol. The van der Waals surface area contributed by atoms with Crippen LogP contribution in [0.5, 0.6) is 0 Å². The summed E-state index contributed by atoms with van der Waals surface area (Å²) in [7, 11) is 0. The Hall–Kier alpha value is -0.250. The molecule has 2 atom stereocenters. The number of hydrogen-bond donors (Lipinski definition) is 2. The van der Waals surface area contributed by atoms with Crippen LogP contribution in [0.2, 0.25) is 0 Å². The fourth-order valence-corrected chi connectivity index (χ4v) is 3.62. The van der Waals surface area contributed by atoms with E-state index in [-0.39, 0.29) is 0 Å². The number of allylic oxidation sites excluding steroid dienone is 2. The highest BCUT2D eigenvalue weighted by atomic mass is 32.2. The molecule has 3 heteroatoms. The Morgan fingerprint density at radius 2 is 1.72 bits per heavy atom. The van der Waals surface area contributed by atoms with Crippen LogP contribution in [-0.2, 0) is 0 Å². The molecule has 102 valence electrons. The molecular formula is C15H24O2S. The van der Waals surface area contributed by atoms with Crippen molar-refractivity contribution in [1.29, 1.82) is 0 Å². The van der Waals surface area contributed by atoms with Crippen LogP contribution in [0.15, 0.2) is 23.8 Å². The van der Waals surface area contributed by atoms with Gasteiger partial charge in [0, 0.05) is 0 Å². The molecule has 0 saturated carbocycles. The topological polar surface area (TPSA) is 40.5 Å². The van der Waals surface area contributed by atoms with Crippen molar-refractivity contribution in [2.24, 2.45) is 0 Å². The molecule has 0 radical (unpaired) electrons. The van der Waals surface area contributed by atoms with Crippen LogP contribution < -0.4 is 0 Å². The predicted octanol–water partition coefficient (Wildman–Crippen LogP) is 3.75. The monoisotopic (exact) mass is 268 g/mol. The lowest BCUT2D eigenvalue weighted by Crippen LogP contribution is -2.27. The van der Waals surface area contributed by atoms with Crippen molar-refractivity contribution in [2.45, 2.75) is 68.2 Å². The Balaban J connectivity index is 1.63. The Kier molecular flexibility index (Phi) is 4.57. The third kappa shape index (κ3) is 2.84. The Labute approximate surface area is 114 Å². The molecule has 1 saturated heterocycles. The first-order valence-corrected chi connectivity index (χ1v) is 7.98. The summed E-state index contributed by atoms with van der Waals surface area (Å²) in [5.74, 6) is 0. The lowest BCUT2D eigenvalue weighted by atomic mass is 9.94.